The summed E-state index contributed by atoms with van der Waals surface area (Å²) in [6, 6.07) is 2.45. The third-order valence-corrected chi connectivity index (χ3v) is 15.0. The Labute approximate surface area is 153 Å². The molecule has 0 rings (SSSR count). The lowest BCUT2D eigenvalue weighted by atomic mass is 9.87. The van der Waals surface area contributed by atoms with Crippen LogP contribution >= 0.6 is 0 Å². The van der Waals surface area contributed by atoms with E-state index in [-0.39, 0.29) is 16.2 Å². The lowest BCUT2D eigenvalue weighted by molar-refractivity contribution is 0.0713. The Hall–Kier alpha value is -0.156. The maximum absolute atomic E-state index is 9.61. The fourth-order valence-corrected chi connectivity index (χ4v) is 4.35. The maximum Gasteiger partial charge on any atom is 0.192 e. The van der Waals surface area contributed by atoms with Gasteiger partial charge in [0.25, 0.3) is 0 Å². The fourth-order valence-electron chi connectivity index (χ4n) is 1.81. The van der Waals surface area contributed by atoms with Crippen LogP contribution in [0.4, 0.5) is 0 Å². The standard InChI is InChI=1S/C19H41NO2Si2/c1-17(2,3)23(9,10)21-14-13-16(19(7,8)15-20)22-24(11,12)18(4,5)6/h16H,13-14H2,1-12H3/t16-/m1/s1. The molecule has 0 amide bonds. The molecule has 0 aromatic carbocycles. The summed E-state index contributed by atoms with van der Waals surface area (Å²) in [4.78, 5) is 0. The van der Waals surface area contributed by atoms with Crippen molar-refractivity contribution in [3.63, 3.8) is 0 Å². The Kier molecular flexibility index (Phi) is 7.56. The quantitative estimate of drug-likeness (QED) is 0.490. The van der Waals surface area contributed by atoms with Gasteiger partial charge in [0, 0.05) is 6.61 Å². The Morgan fingerprint density at radius 2 is 1.25 bits per heavy atom. The van der Waals surface area contributed by atoms with E-state index in [2.05, 4.69) is 73.8 Å². The van der Waals surface area contributed by atoms with Crippen molar-refractivity contribution in [2.75, 3.05) is 6.61 Å². The lowest BCUT2D eigenvalue weighted by Crippen LogP contribution is -2.48. The van der Waals surface area contributed by atoms with Crippen molar-refractivity contribution in [2.24, 2.45) is 5.41 Å². The van der Waals surface area contributed by atoms with Gasteiger partial charge in [-0.25, -0.2) is 0 Å². The summed E-state index contributed by atoms with van der Waals surface area (Å²) >= 11 is 0. The molecule has 3 nitrogen and oxygen atoms in total. The van der Waals surface area contributed by atoms with Crippen molar-refractivity contribution in [3.8, 4) is 6.07 Å². The van der Waals surface area contributed by atoms with E-state index in [1.807, 2.05) is 13.8 Å². The van der Waals surface area contributed by atoms with Gasteiger partial charge < -0.3 is 8.85 Å². The van der Waals surface area contributed by atoms with Crippen LogP contribution in [0.25, 0.3) is 0 Å². The highest BCUT2D eigenvalue weighted by Crippen LogP contribution is 2.41. The van der Waals surface area contributed by atoms with Gasteiger partial charge in [-0.05, 0) is 56.5 Å². The normalized spacial score (nSPS) is 16.0. The largest absolute Gasteiger partial charge is 0.417 e. The second kappa shape index (κ2) is 7.61. The van der Waals surface area contributed by atoms with Crippen LogP contribution in [0.5, 0.6) is 0 Å². The summed E-state index contributed by atoms with van der Waals surface area (Å²) in [5, 5.41) is 9.94. The Morgan fingerprint density at radius 1 is 0.833 bits per heavy atom. The van der Waals surface area contributed by atoms with E-state index in [1.54, 1.807) is 0 Å². The molecule has 0 aliphatic rings. The van der Waals surface area contributed by atoms with Crippen molar-refractivity contribution in [2.45, 2.75) is 104 Å². The number of hydrogen-bond donors (Lipinski definition) is 0. The molecule has 0 spiro atoms. The van der Waals surface area contributed by atoms with Crippen LogP contribution in [-0.2, 0) is 8.85 Å². The highest BCUT2D eigenvalue weighted by molar-refractivity contribution is 6.74. The van der Waals surface area contributed by atoms with Crippen LogP contribution in [0, 0.1) is 16.7 Å². The van der Waals surface area contributed by atoms with Gasteiger partial charge in [0.1, 0.15) is 0 Å². The van der Waals surface area contributed by atoms with Gasteiger partial charge in [-0.15, -0.1) is 0 Å². The monoisotopic (exact) mass is 371 g/mol. The van der Waals surface area contributed by atoms with Gasteiger partial charge in [0.05, 0.1) is 17.6 Å². The molecule has 1 atom stereocenters. The molecule has 0 bridgehead atoms. The maximum atomic E-state index is 9.61. The predicted molar refractivity (Wildman–Crippen MR) is 109 cm³/mol. The second-order valence-corrected chi connectivity index (χ2v) is 20.2. The SMILES string of the molecule is CC(C)(C#N)[C@@H](CCO[Si](C)(C)C(C)(C)C)O[Si](C)(C)C(C)(C)C. The van der Waals surface area contributed by atoms with E-state index in [9.17, 15) is 5.26 Å². The average Bonchev–Trinajstić information content (AvgIpc) is 2.34. The van der Waals surface area contributed by atoms with Gasteiger partial charge >= 0.3 is 0 Å². The molecule has 0 radical (unpaired) electrons. The van der Waals surface area contributed by atoms with Crippen molar-refractivity contribution in [3.05, 3.63) is 0 Å². The third-order valence-electron chi connectivity index (χ3n) is 5.99. The smallest absolute Gasteiger partial charge is 0.192 e. The molecule has 0 aliphatic heterocycles. The van der Waals surface area contributed by atoms with Crippen LogP contribution < -0.4 is 0 Å². The highest BCUT2D eigenvalue weighted by atomic mass is 28.4. The first-order chi connectivity index (χ1) is 10.4. The molecule has 0 aromatic heterocycles. The molecule has 0 heterocycles. The van der Waals surface area contributed by atoms with E-state index in [0.717, 1.165) is 6.42 Å². The van der Waals surface area contributed by atoms with E-state index < -0.39 is 22.0 Å². The van der Waals surface area contributed by atoms with Gasteiger partial charge in [-0.3, -0.25) is 0 Å². The lowest BCUT2D eigenvalue weighted by Gasteiger charge is -2.43. The third kappa shape index (κ3) is 6.29. The molecule has 142 valence electrons. The number of hydrogen-bond acceptors (Lipinski definition) is 3. The number of nitrogens with zero attached hydrogens (tertiary/aromatic N) is 1. The van der Waals surface area contributed by atoms with Gasteiger partial charge in [-0.1, -0.05) is 41.5 Å². The topological polar surface area (TPSA) is 42.2 Å². The zero-order valence-corrected chi connectivity index (χ0v) is 20.3. The van der Waals surface area contributed by atoms with Crippen LogP contribution in [-0.4, -0.2) is 29.3 Å². The van der Waals surface area contributed by atoms with Crippen molar-refractivity contribution in [1.29, 1.82) is 5.26 Å². The summed E-state index contributed by atoms with van der Waals surface area (Å²) in [7, 11) is -3.69. The second-order valence-electron chi connectivity index (χ2n) is 10.6. The minimum atomic E-state index is -1.92. The minimum Gasteiger partial charge on any atom is -0.417 e. The van der Waals surface area contributed by atoms with Crippen LogP contribution in [0.2, 0.25) is 36.3 Å². The molecule has 24 heavy (non-hydrogen) atoms. The zero-order valence-electron chi connectivity index (χ0n) is 18.3. The first-order valence-corrected chi connectivity index (χ1v) is 14.9. The summed E-state index contributed by atoms with van der Waals surface area (Å²) in [5.41, 5.74) is -0.508. The highest BCUT2D eigenvalue weighted by Gasteiger charge is 2.43. The molecule has 0 aliphatic carbocycles. The molecule has 0 saturated heterocycles. The molecule has 0 unspecified atom stereocenters. The van der Waals surface area contributed by atoms with Gasteiger partial charge in [-0.2, -0.15) is 5.26 Å². The van der Waals surface area contributed by atoms with E-state index in [1.165, 1.54) is 0 Å². The Morgan fingerprint density at radius 3 is 1.58 bits per heavy atom. The molecular formula is C19H41NO2Si2. The summed E-state index contributed by atoms with van der Waals surface area (Å²) in [5.74, 6) is 0. The number of rotatable bonds is 7. The van der Waals surface area contributed by atoms with Gasteiger partial charge in [0.2, 0.25) is 0 Å². The first kappa shape index (κ1) is 23.8. The van der Waals surface area contributed by atoms with Crippen molar-refractivity contribution in [1.82, 2.24) is 0 Å². The van der Waals surface area contributed by atoms with Crippen molar-refractivity contribution < 1.29 is 8.85 Å². The van der Waals surface area contributed by atoms with Crippen LogP contribution in [0.3, 0.4) is 0 Å². The van der Waals surface area contributed by atoms with Crippen LogP contribution in [0.15, 0.2) is 0 Å². The molecule has 5 heteroatoms. The minimum absolute atomic E-state index is 0.0897. The van der Waals surface area contributed by atoms with Crippen LogP contribution in [0.1, 0.15) is 61.8 Å². The number of nitriles is 1. The molecular weight excluding hydrogens is 330 g/mol. The summed E-state index contributed by atoms with van der Waals surface area (Å²) in [6.45, 7) is 27.1. The zero-order chi connectivity index (χ0) is 19.6. The molecule has 0 fully saturated rings. The predicted octanol–water partition coefficient (Wildman–Crippen LogP) is 6.34. The summed E-state index contributed by atoms with van der Waals surface area (Å²) in [6.07, 6.45) is 0.688. The van der Waals surface area contributed by atoms with Gasteiger partial charge in [0.15, 0.2) is 16.6 Å². The van der Waals surface area contributed by atoms with E-state index in [0.29, 0.717) is 6.61 Å². The summed E-state index contributed by atoms with van der Waals surface area (Å²) < 4.78 is 12.9. The average molecular weight is 372 g/mol. The van der Waals surface area contributed by atoms with E-state index >= 15 is 0 Å². The fraction of sp³-hybridized carbons (Fsp3) is 0.947. The Bertz CT molecular complexity index is 451. The molecule has 0 N–H and O–H groups in total. The van der Waals surface area contributed by atoms with Crippen molar-refractivity contribution >= 4 is 16.6 Å². The molecule has 0 aromatic rings. The Balaban J connectivity index is 5.14. The van der Waals surface area contributed by atoms with E-state index in [4.69, 9.17) is 8.85 Å². The molecule has 0 saturated carbocycles. The first-order valence-electron chi connectivity index (χ1n) is 9.10.